The Kier molecular flexibility index (Phi) is 8.75. The number of ether oxygens (including phenoxy) is 3. The van der Waals surface area contributed by atoms with Crippen LogP contribution in [0.25, 0.3) is 11.1 Å². The average molecular weight is 587 g/mol. The van der Waals surface area contributed by atoms with Crippen LogP contribution in [0.5, 0.6) is 28.7 Å². The van der Waals surface area contributed by atoms with Crippen LogP contribution in [0.4, 0.5) is 22.0 Å². The fraction of sp³-hybridized carbons (Fsp3) is 0.219. The predicted octanol–water partition coefficient (Wildman–Crippen LogP) is 9.58. The molecule has 0 fully saturated rings. The van der Waals surface area contributed by atoms with Gasteiger partial charge in [-0.05, 0) is 85.5 Å². The molecular formula is C32H27F5O5. The molecule has 1 N–H and O–H groups in total. The number of aliphatic carboxylic acids is 1. The lowest BCUT2D eigenvalue weighted by molar-refractivity contribution is -0.158. The second-order valence-corrected chi connectivity index (χ2v) is 9.78. The number of para-hydroxylation sites is 1. The number of aryl methyl sites for hydroxylation is 3. The number of halogens is 5. The molecule has 0 unspecified atom stereocenters. The average Bonchev–Trinajstić information content (AvgIpc) is 2.87. The Hall–Kier alpha value is -4.60. The van der Waals surface area contributed by atoms with Crippen molar-refractivity contribution in [3.63, 3.8) is 0 Å². The maximum atomic E-state index is 13.7. The highest BCUT2D eigenvalue weighted by Crippen LogP contribution is 2.43. The highest BCUT2D eigenvalue weighted by Gasteiger charge is 2.32. The molecule has 0 radical (unpaired) electrons. The van der Waals surface area contributed by atoms with E-state index in [1.54, 1.807) is 43.3 Å². The number of alkyl halides is 5. The molecule has 220 valence electrons. The van der Waals surface area contributed by atoms with Gasteiger partial charge in [0, 0.05) is 30.5 Å². The van der Waals surface area contributed by atoms with Crippen LogP contribution in [0.15, 0.2) is 78.9 Å². The fourth-order valence-corrected chi connectivity index (χ4v) is 4.33. The van der Waals surface area contributed by atoms with Crippen LogP contribution >= 0.6 is 0 Å². The van der Waals surface area contributed by atoms with Crippen LogP contribution in [0, 0.1) is 13.8 Å². The second kappa shape index (κ2) is 12.1. The lowest BCUT2D eigenvalue weighted by Gasteiger charge is -2.19. The SMILES string of the molecule is Cc1cc(Oc2ccc(CCC(=O)O)c(C)c2)cc(Oc2ccc(C(F)(F)F)cc2-c2ccccc2OC(C)(F)F)c1. The third-order valence-corrected chi connectivity index (χ3v) is 6.18. The molecule has 4 rings (SSSR count). The van der Waals surface area contributed by atoms with Crippen LogP contribution < -0.4 is 14.2 Å². The Bertz CT molecular complexity index is 1590. The van der Waals surface area contributed by atoms with Gasteiger partial charge in [0.15, 0.2) is 0 Å². The molecule has 0 spiro atoms. The van der Waals surface area contributed by atoms with E-state index < -0.39 is 23.8 Å². The van der Waals surface area contributed by atoms with E-state index in [9.17, 15) is 26.7 Å². The fourth-order valence-electron chi connectivity index (χ4n) is 4.33. The molecule has 0 aliphatic carbocycles. The highest BCUT2D eigenvalue weighted by molar-refractivity contribution is 5.77. The van der Waals surface area contributed by atoms with Crippen molar-refractivity contribution in [2.24, 2.45) is 0 Å². The summed E-state index contributed by atoms with van der Waals surface area (Å²) in [4.78, 5) is 10.9. The highest BCUT2D eigenvalue weighted by atomic mass is 19.4. The molecule has 0 bridgehead atoms. The standard InChI is InChI=1S/C32H27F5O5/c1-19-14-24(40-23-11-8-21(20(2)16-23)9-13-30(38)39)18-25(15-19)41-28-12-10-22(32(35,36)37)17-27(28)26-6-4-5-7-29(26)42-31(3,33)34/h4-8,10-12,14-18H,9,13H2,1-3H3,(H,38,39). The van der Waals surface area contributed by atoms with Crippen molar-refractivity contribution < 1.29 is 46.1 Å². The van der Waals surface area contributed by atoms with Crippen molar-refractivity contribution in [1.82, 2.24) is 0 Å². The summed E-state index contributed by atoms with van der Waals surface area (Å²) >= 11 is 0. The van der Waals surface area contributed by atoms with Crippen molar-refractivity contribution in [3.05, 3.63) is 101 Å². The van der Waals surface area contributed by atoms with E-state index in [-0.39, 0.29) is 34.8 Å². The third-order valence-electron chi connectivity index (χ3n) is 6.18. The first kappa shape index (κ1) is 30.4. The Morgan fingerprint density at radius 2 is 1.45 bits per heavy atom. The molecule has 0 aromatic heterocycles. The second-order valence-electron chi connectivity index (χ2n) is 9.78. The molecular weight excluding hydrogens is 559 g/mol. The van der Waals surface area contributed by atoms with Crippen LogP contribution in [0.2, 0.25) is 0 Å². The zero-order valence-corrected chi connectivity index (χ0v) is 22.9. The largest absolute Gasteiger partial charge is 0.481 e. The van der Waals surface area contributed by atoms with Crippen molar-refractivity contribution in [2.45, 2.75) is 45.9 Å². The van der Waals surface area contributed by atoms with E-state index in [1.165, 1.54) is 24.3 Å². The number of carboxylic acid groups (broad SMARTS) is 1. The zero-order chi connectivity index (χ0) is 30.7. The van der Waals surface area contributed by atoms with Crippen molar-refractivity contribution >= 4 is 5.97 Å². The summed E-state index contributed by atoms with van der Waals surface area (Å²) in [7, 11) is 0. The molecule has 4 aromatic carbocycles. The monoisotopic (exact) mass is 586 g/mol. The lowest BCUT2D eigenvalue weighted by atomic mass is 10.0. The van der Waals surface area contributed by atoms with E-state index in [0.29, 0.717) is 24.8 Å². The van der Waals surface area contributed by atoms with Crippen LogP contribution in [0.1, 0.15) is 35.6 Å². The first-order valence-corrected chi connectivity index (χ1v) is 12.8. The van der Waals surface area contributed by atoms with Crippen LogP contribution in [-0.4, -0.2) is 17.2 Å². The van der Waals surface area contributed by atoms with Gasteiger partial charge in [0.25, 0.3) is 0 Å². The third kappa shape index (κ3) is 7.99. The predicted molar refractivity (Wildman–Crippen MR) is 147 cm³/mol. The molecule has 0 amide bonds. The number of rotatable bonds is 10. The van der Waals surface area contributed by atoms with Gasteiger partial charge in [-0.25, -0.2) is 0 Å². The van der Waals surface area contributed by atoms with Crippen LogP contribution in [0.3, 0.4) is 0 Å². The van der Waals surface area contributed by atoms with Gasteiger partial charge in [0.1, 0.15) is 28.7 Å². The molecule has 0 saturated heterocycles. The molecule has 42 heavy (non-hydrogen) atoms. The molecule has 4 aromatic rings. The summed E-state index contributed by atoms with van der Waals surface area (Å²) in [5.41, 5.74) is 1.35. The van der Waals surface area contributed by atoms with E-state index >= 15 is 0 Å². The summed E-state index contributed by atoms with van der Waals surface area (Å²) in [5, 5.41) is 8.94. The maximum absolute atomic E-state index is 13.7. The molecule has 0 atom stereocenters. The summed E-state index contributed by atoms with van der Waals surface area (Å²) in [6.07, 6.45) is -7.88. The molecule has 0 saturated carbocycles. The van der Waals surface area contributed by atoms with Gasteiger partial charge in [0.2, 0.25) is 0 Å². The number of carbonyl (C=O) groups is 1. The Labute approximate surface area is 239 Å². The minimum Gasteiger partial charge on any atom is -0.481 e. The summed E-state index contributed by atoms with van der Waals surface area (Å²) in [6.45, 7) is 4.16. The Morgan fingerprint density at radius 3 is 2.10 bits per heavy atom. The van der Waals surface area contributed by atoms with E-state index in [1.807, 2.05) is 6.92 Å². The maximum Gasteiger partial charge on any atom is 0.416 e. The van der Waals surface area contributed by atoms with E-state index in [2.05, 4.69) is 0 Å². The van der Waals surface area contributed by atoms with Gasteiger partial charge in [0.05, 0.1) is 5.56 Å². The topological polar surface area (TPSA) is 65.0 Å². The van der Waals surface area contributed by atoms with Crippen molar-refractivity contribution in [3.8, 4) is 39.9 Å². The van der Waals surface area contributed by atoms with E-state index in [4.69, 9.17) is 19.3 Å². The summed E-state index contributed by atoms with van der Waals surface area (Å²) < 4.78 is 85.1. The van der Waals surface area contributed by atoms with Gasteiger partial charge >= 0.3 is 18.3 Å². The molecule has 0 aliphatic rings. The number of benzene rings is 4. The lowest BCUT2D eigenvalue weighted by Crippen LogP contribution is -2.19. The van der Waals surface area contributed by atoms with Gasteiger partial charge in [-0.3, -0.25) is 4.79 Å². The number of carboxylic acids is 1. The smallest absolute Gasteiger partial charge is 0.416 e. The van der Waals surface area contributed by atoms with Gasteiger partial charge in [-0.2, -0.15) is 22.0 Å². The van der Waals surface area contributed by atoms with Gasteiger partial charge in [-0.15, -0.1) is 0 Å². The molecule has 10 heteroatoms. The normalized spacial score (nSPS) is 11.7. The number of hydrogen-bond donors (Lipinski definition) is 1. The first-order chi connectivity index (χ1) is 19.7. The van der Waals surface area contributed by atoms with Gasteiger partial charge in [-0.1, -0.05) is 24.3 Å². The molecule has 5 nitrogen and oxygen atoms in total. The number of hydrogen-bond acceptors (Lipinski definition) is 4. The minimum absolute atomic E-state index is 0.00301. The van der Waals surface area contributed by atoms with Crippen molar-refractivity contribution in [1.29, 1.82) is 0 Å². The minimum atomic E-state index is -4.69. The molecule has 0 heterocycles. The van der Waals surface area contributed by atoms with Gasteiger partial charge < -0.3 is 19.3 Å². The summed E-state index contributed by atoms with van der Waals surface area (Å²) in [6, 6.07) is 18.5. The van der Waals surface area contributed by atoms with E-state index in [0.717, 1.165) is 34.9 Å². The Balaban J connectivity index is 1.68. The van der Waals surface area contributed by atoms with Crippen molar-refractivity contribution in [2.75, 3.05) is 0 Å². The zero-order valence-electron chi connectivity index (χ0n) is 22.9. The summed E-state index contributed by atoms with van der Waals surface area (Å²) in [5.74, 6) is -0.119. The quantitative estimate of drug-likeness (QED) is 0.188. The van der Waals surface area contributed by atoms with Crippen LogP contribution in [-0.2, 0) is 17.4 Å². The Morgan fingerprint density at radius 1 is 0.762 bits per heavy atom. The first-order valence-electron chi connectivity index (χ1n) is 12.8. The molecule has 0 aliphatic heterocycles.